The average Bonchev–Trinajstić information content (AvgIpc) is 3.14. The van der Waals surface area contributed by atoms with E-state index in [1.165, 1.54) is 45.3 Å². The van der Waals surface area contributed by atoms with Crippen LogP contribution in [0.3, 0.4) is 0 Å². The van der Waals surface area contributed by atoms with Gasteiger partial charge in [-0.05, 0) is 103 Å². The number of methoxy groups -OCH3 is 1. The first-order valence-corrected chi connectivity index (χ1v) is 18.1. The van der Waals surface area contributed by atoms with Gasteiger partial charge in [-0.1, -0.05) is 18.1 Å². The third-order valence-electron chi connectivity index (χ3n) is 10.4. The van der Waals surface area contributed by atoms with Crippen molar-refractivity contribution in [2.24, 2.45) is 0 Å². The minimum atomic E-state index is -1.68. The zero-order valence-electron chi connectivity index (χ0n) is 30.0. The Balaban J connectivity index is 1.33. The summed E-state index contributed by atoms with van der Waals surface area (Å²) < 4.78 is 29.9. The summed E-state index contributed by atoms with van der Waals surface area (Å²) in [5, 5.41) is 42.7. The van der Waals surface area contributed by atoms with Crippen LogP contribution in [-0.4, -0.2) is 113 Å². The van der Waals surface area contributed by atoms with Crippen LogP contribution < -0.4 is 19.6 Å². The molecule has 0 amide bonds. The maximum atomic E-state index is 14.4. The summed E-state index contributed by atoms with van der Waals surface area (Å²) in [6.45, 7) is 11.0. The second-order valence-electron chi connectivity index (χ2n) is 14.2. The molecular formula is C39H52N2O10. The molecule has 0 bridgehead atoms. The number of ether oxygens (including phenoxy) is 4. The van der Waals surface area contributed by atoms with E-state index in [0.717, 1.165) is 38.0 Å². The Hall–Kier alpha value is -3.65. The van der Waals surface area contributed by atoms with Crippen molar-refractivity contribution in [3.8, 4) is 34.3 Å². The largest absolute Gasteiger partial charge is 0.507 e. The number of likely N-dealkylation sites (tertiary alicyclic amines) is 2. The standard InChI is InChI=1S/C39H52N2O10/c1-23(2)8-13-28-30(48-21-20-40-18-14-26(15-19-40)41-16-6-5-7-17-41)22-29(42)31-33(44)38(51-39-35(46)34(45)32(43)24(3)49-39)36(50-37(28)31)25-9-11-27(47-4)12-10-25/h8-12,22,24,26,32,34-35,39,42-43,45-46H,5-7,13-21H2,1-4H3/t24-,32-,34+,35+,39-/m1/s1. The van der Waals surface area contributed by atoms with E-state index in [-0.39, 0.29) is 28.2 Å². The number of benzene rings is 2. The molecule has 51 heavy (non-hydrogen) atoms. The number of aliphatic hydroxyl groups is 3. The average molecular weight is 709 g/mol. The van der Waals surface area contributed by atoms with Crippen molar-refractivity contribution >= 4 is 11.0 Å². The molecule has 0 spiro atoms. The first-order chi connectivity index (χ1) is 24.5. The number of rotatable bonds is 11. The van der Waals surface area contributed by atoms with Crippen LogP contribution in [0.1, 0.15) is 58.4 Å². The lowest BCUT2D eigenvalue weighted by Gasteiger charge is -2.40. The van der Waals surface area contributed by atoms with E-state index in [0.29, 0.717) is 41.7 Å². The van der Waals surface area contributed by atoms with Crippen molar-refractivity contribution in [3.63, 3.8) is 0 Å². The van der Waals surface area contributed by atoms with Gasteiger partial charge in [0.15, 0.2) is 5.76 Å². The number of phenolic OH excluding ortho intramolecular Hbond substituents is 1. The molecule has 3 fully saturated rings. The third kappa shape index (κ3) is 8.21. The molecule has 0 aliphatic carbocycles. The van der Waals surface area contributed by atoms with E-state index < -0.39 is 36.1 Å². The van der Waals surface area contributed by atoms with E-state index in [1.54, 1.807) is 31.4 Å². The lowest BCUT2D eigenvalue weighted by atomic mass is 10.00. The van der Waals surface area contributed by atoms with E-state index >= 15 is 0 Å². The Morgan fingerprint density at radius 3 is 2.35 bits per heavy atom. The number of allylic oxidation sites excluding steroid dienone is 2. The van der Waals surface area contributed by atoms with Crippen LogP contribution in [-0.2, 0) is 11.2 Å². The van der Waals surface area contributed by atoms with Gasteiger partial charge >= 0.3 is 0 Å². The van der Waals surface area contributed by atoms with Crippen LogP contribution in [0.4, 0.5) is 0 Å². The van der Waals surface area contributed by atoms with Gasteiger partial charge in [0, 0.05) is 29.8 Å². The SMILES string of the molecule is COc1ccc(-c2oc3c(CC=C(C)C)c(OCCN4CCC(N5CCCCC5)CC4)cc(O)c3c(=O)c2O[C@H]2O[C@H](C)[C@@H](O)[C@H](O)[C@@H]2O)cc1. The monoisotopic (exact) mass is 708 g/mol. The molecule has 0 saturated carbocycles. The van der Waals surface area contributed by atoms with Gasteiger partial charge in [0.1, 0.15) is 53.1 Å². The topological polar surface area (TPSA) is 155 Å². The number of nitrogens with zero attached hydrogens (tertiary/aromatic N) is 2. The first kappa shape index (κ1) is 37.1. The van der Waals surface area contributed by atoms with Crippen molar-refractivity contribution in [3.05, 3.63) is 57.8 Å². The molecule has 1 aromatic heterocycles. The molecule has 4 heterocycles. The maximum Gasteiger partial charge on any atom is 0.239 e. The highest BCUT2D eigenvalue weighted by Crippen LogP contribution is 2.41. The quantitative estimate of drug-likeness (QED) is 0.211. The number of piperidine rings is 2. The molecular weight excluding hydrogens is 656 g/mol. The van der Waals surface area contributed by atoms with E-state index in [4.69, 9.17) is 23.4 Å². The summed E-state index contributed by atoms with van der Waals surface area (Å²) in [5.41, 5.74) is 1.53. The van der Waals surface area contributed by atoms with Crippen LogP contribution in [0.25, 0.3) is 22.3 Å². The molecule has 12 heteroatoms. The Morgan fingerprint density at radius 1 is 0.980 bits per heavy atom. The van der Waals surface area contributed by atoms with Crippen molar-refractivity contribution in [1.29, 1.82) is 0 Å². The molecule has 2 aromatic carbocycles. The summed E-state index contributed by atoms with van der Waals surface area (Å²) in [5.74, 6) is 0.324. The Kier molecular flexibility index (Phi) is 11.9. The molecule has 6 rings (SSSR count). The second-order valence-corrected chi connectivity index (χ2v) is 14.2. The smallest absolute Gasteiger partial charge is 0.239 e. The molecule has 278 valence electrons. The molecule has 3 saturated heterocycles. The highest BCUT2D eigenvalue weighted by Gasteiger charge is 2.44. The maximum absolute atomic E-state index is 14.4. The zero-order valence-corrected chi connectivity index (χ0v) is 30.0. The summed E-state index contributed by atoms with van der Waals surface area (Å²) in [6, 6.07) is 8.89. The van der Waals surface area contributed by atoms with Crippen molar-refractivity contribution in [1.82, 2.24) is 9.80 Å². The van der Waals surface area contributed by atoms with E-state index in [1.807, 2.05) is 19.9 Å². The fourth-order valence-corrected chi connectivity index (χ4v) is 7.33. The first-order valence-electron chi connectivity index (χ1n) is 18.1. The molecule has 3 aliphatic heterocycles. The summed E-state index contributed by atoms with van der Waals surface area (Å²) in [7, 11) is 1.54. The zero-order chi connectivity index (χ0) is 36.2. The summed E-state index contributed by atoms with van der Waals surface area (Å²) in [4.78, 5) is 19.4. The van der Waals surface area contributed by atoms with Crippen molar-refractivity contribution < 1.29 is 43.8 Å². The van der Waals surface area contributed by atoms with Crippen LogP contribution >= 0.6 is 0 Å². The molecule has 5 atom stereocenters. The Bertz CT molecular complexity index is 1720. The minimum Gasteiger partial charge on any atom is -0.507 e. The number of phenols is 1. The van der Waals surface area contributed by atoms with Gasteiger partial charge in [-0.2, -0.15) is 0 Å². The number of aliphatic hydroxyl groups excluding tert-OH is 3. The lowest BCUT2D eigenvalue weighted by Crippen LogP contribution is -2.58. The number of aromatic hydroxyl groups is 1. The van der Waals surface area contributed by atoms with Crippen molar-refractivity contribution in [2.45, 2.75) is 96.0 Å². The van der Waals surface area contributed by atoms with Gasteiger partial charge < -0.3 is 48.7 Å². The van der Waals surface area contributed by atoms with Crippen LogP contribution in [0.15, 0.2) is 51.2 Å². The minimum absolute atomic E-state index is 0.0193. The predicted molar refractivity (Wildman–Crippen MR) is 193 cm³/mol. The highest BCUT2D eigenvalue weighted by molar-refractivity contribution is 5.91. The van der Waals surface area contributed by atoms with E-state index in [9.17, 15) is 25.2 Å². The summed E-state index contributed by atoms with van der Waals surface area (Å²) in [6.07, 6.45) is 1.54. The predicted octanol–water partition coefficient (Wildman–Crippen LogP) is 4.22. The fourth-order valence-electron chi connectivity index (χ4n) is 7.33. The molecule has 3 aliphatic rings. The molecule has 3 aromatic rings. The fraction of sp³-hybridized carbons (Fsp3) is 0.564. The van der Waals surface area contributed by atoms with Crippen LogP contribution in [0.2, 0.25) is 0 Å². The highest BCUT2D eigenvalue weighted by atomic mass is 16.7. The van der Waals surface area contributed by atoms with Crippen molar-refractivity contribution in [2.75, 3.05) is 46.4 Å². The van der Waals surface area contributed by atoms with Crippen LogP contribution in [0.5, 0.6) is 23.0 Å². The molecule has 4 N–H and O–H groups in total. The second kappa shape index (κ2) is 16.4. The normalized spacial score (nSPS) is 25.1. The summed E-state index contributed by atoms with van der Waals surface area (Å²) >= 11 is 0. The van der Waals surface area contributed by atoms with Gasteiger partial charge in [0.05, 0.1) is 13.2 Å². The van der Waals surface area contributed by atoms with E-state index in [2.05, 4.69) is 9.80 Å². The third-order valence-corrected chi connectivity index (χ3v) is 10.4. The Morgan fingerprint density at radius 2 is 1.69 bits per heavy atom. The Labute approximate surface area is 298 Å². The molecule has 0 radical (unpaired) electrons. The van der Waals surface area contributed by atoms with Gasteiger partial charge in [-0.3, -0.25) is 9.69 Å². The molecule has 0 unspecified atom stereocenters. The van der Waals surface area contributed by atoms with Gasteiger partial charge in [-0.25, -0.2) is 0 Å². The van der Waals surface area contributed by atoms with Crippen LogP contribution in [0, 0.1) is 0 Å². The number of hydrogen-bond donors (Lipinski definition) is 4. The van der Waals surface area contributed by atoms with Gasteiger partial charge in [0.25, 0.3) is 0 Å². The lowest BCUT2D eigenvalue weighted by molar-refractivity contribution is -0.268. The molecule has 12 nitrogen and oxygen atoms in total. The number of hydrogen-bond acceptors (Lipinski definition) is 12. The van der Waals surface area contributed by atoms with Gasteiger partial charge in [-0.15, -0.1) is 0 Å². The van der Waals surface area contributed by atoms with Gasteiger partial charge in [0.2, 0.25) is 17.5 Å². The number of fused-ring (bicyclic) bond motifs is 1.